The molecule has 1 atom stereocenters. The van der Waals surface area contributed by atoms with Gasteiger partial charge >= 0.3 is 0 Å². The van der Waals surface area contributed by atoms with E-state index >= 15 is 0 Å². The van der Waals surface area contributed by atoms with Gasteiger partial charge in [0.15, 0.2) is 0 Å². The van der Waals surface area contributed by atoms with Gasteiger partial charge in [-0.3, -0.25) is 14.8 Å². The monoisotopic (exact) mass is 406 g/mol. The van der Waals surface area contributed by atoms with Crippen LogP contribution in [0.5, 0.6) is 0 Å². The predicted octanol–water partition coefficient (Wildman–Crippen LogP) is 2.93. The van der Waals surface area contributed by atoms with E-state index in [0.29, 0.717) is 6.54 Å². The zero-order valence-electron chi connectivity index (χ0n) is 13.6. The largest absolute Gasteiger partial charge is 0.291 e. The highest BCUT2D eigenvalue weighted by atomic mass is 79.9. The van der Waals surface area contributed by atoms with Crippen molar-refractivity contribution in [1.82, 2.24) is 24.5 Å². The van der Waals surface area contributed by atoms with Crippen LogP contribution in [0.25, 0.3) is 0 Å². The number of benzene rings is 1. The lowest BCUT2D eigenvalue weighted by atomic mass is 10.2. The average molecular weight is 407 g/mol. The first-order valence-corrected chi connectivity index (χ1v) is 8.37. The van der Waals surface area contributed by atoms with Crippen LogP contribution in [-0.2, 0) is 11.3 Å². The van der Waals surface area contributed by atoms with Gasteiger partial charge in [0, 0.05) is 0 Å². The van der Waals surface area contributed by atoms with Crippen molar-refractivity contribution >= 4 is 27.8 Å². The molecule has 0 aliphatic carbocycles. The van der Waals surface area contributed by atoms with Crippen molar-refractivity contribution in [3.63, 3.8) is 0 Å². The van der Waals surface area contributed by atoms with Gasteiger partial charge in [0.1, 0.15) is 18.2 Å². The zero-order chi connectivity index (χ0) is 18.0. The fourth-order valence-electron chi connectivity index (χ4n) is 2.32. The maximum atomic E-state index is 12.9. The van der Waals surface area contributed by atoms with Gasteiger partial charge < -0.3 is 0 Å². The van der Waals surface area contributed by atoms with Crippen molar-refractivity contribution in [3.8, 4) is 0 Å². The maximum Gasteiger partial charge on any atom is 0.251 e. The highest BCUT2D eigenvalue weighted by molar-refractivity contribution is 9.10. The first-order valence-electron chi connectivity index (χ1n) is 7.58. The topological polar surface area (TPSA) is 77.6 Å². The van der Waals surface area contributed by atoms with E-state index < -0.39 is 6.04 Å². The standard InChI is InChI=1S/C16H16BrFN6O/c1-10-14(17)7-20-24(10)11(2)15(25)21-16-19-9-23(22-16)8-12-3-5-13(18)6-4-12/h3-7,9,11H,8H2,1-2H3,(H,21,22,25). The summed E-state index contributed by atoms with van der Waals surface area (Å²) in [5.41, 5.74) is 1.74. The molecular weight excluding hydrogens is 391 g/mol. The van der Waals surface area contributed by atoms with E-state index in [2.05, 4.69) is 36.4 Å². The number of amides is 1. The molecule has 3 aromatic rings. The van der Waals surface area contributed by atoms with Crippen molar-refractivity contribution in [1.29, 1.82) is 0 Å². The molecule has 0 aliphatic heterocycles. The Labute approximate surface area is 152 Å². The number of carbonyl (C=O) groups is 1. The van der Waals surface area contributed by atoms with Gasteiger partial charge in [-0.1, -0.05) is 12.1 Å². The molecule has 0 aliphatic rings. The summed E-state index contributed by atoms with van der Waals surface area (Å²) in [6.07, 6.45) is 3.16. The number of nitrogens with zero attached hydrogens (tertiary/aromatic N) is 5. The second kappa shape index (κ2) is 7.14. The summed E-state index contributed by atoms with van der Waals surface area (Å²) < 4.78 is 17.0. The molecule has 0 spiro atoms. The minimum atomic E-state index is -0.504. The number of aromatic nitrogens is 5. The number of nitrogens with one attached hydrogen (secondary N) is 1. The van der Waals surface area contributed by atoms with E-state index in [1.165, 1.54) is 18.5 Å². The second-order valence-electron chi connectivity index (χ2n) is 5.58. The van der Waals surface area contributed by atoms with Crippen molar-refractivity contribution < 1.29 is 9.18 Å². The van der Waals surface area contributed by atoms with Crippen LogP contribution in [0.4, 0.5) is 10.3 Å². The number of carbonyl (C=O) groups excluding carboxylic acids is 1. The van der Waals surface area contributed by atoms with Gasteiger partial charge in [-0.25, -0.2) is 14.1 Å². The molecule has 2 aromatic heterocycles. The number of hydrogen-bond acceptors (Lipinski definition) is 4. The highest BCUT2D eigenvalue weighted by Crippen LogP contribution is 2.19. The molecule has 0 radical (unpaired) electrons. The van der Waals surface area contributed by atoms with Crippen LogP contribution >= 0.6 is 15.9 Å². The van der Waals surface area contributed by atoms with Crippen LogP contribution in [0.1, 0.15) is 24.2 Å². The van der Waals surface area contributed by atoms with Crippen molar-refractivity contribution in [2.24, 2.45) is 0 Å². The number of anilines is 1. The Morgan fingerprint density at radius 2 is 2.08 bits per heavy atom. The molecule has 3 rings (SSSR count). The molecule has 0 bridgehead atoms. The molecule has 1 amide bonds. The summed E-state index contributed by atoms with van der Waals surface area (Å²) in [4.78, 5) is 16.4. The molecule has 2 heterocycles. The van der Waals surface area contributed by atoms with Crippen LogP contribution in [0.15, 0.2) is 41.3 Å². The second-order valence-corrected chi connectivity index (χ2v) is 6.43. The van der Waals surface area contributed by atoms with Gasteiger partial charge in [0.2, 0.25) is 5.95 Å². The van der Waals surface area contributed by atoms with E-state index in [9.17, 15) is 9.18 Å². The van der Waals surface area contributed by atoms with Crippen LogP contribution in [0, 0.1) is 12.7 Å². The molecule has 0 fully saturated rings. The third kappa shape index (κ3) is 3.93. The fourth-order valence-corrected chi connectivity index (χ4v) is 2.60. The summed E-state index contributed by atoms with van der Waals surface area (Å²) in [6.45, 7) is 4.05. The first kappa shape index (κ1) is 17.3. The quantitative estimate of drug-likeness (QED) is 0.706. The molecule has 1 aromatic carbocycles. The van der Waals surface area contributed by atoms with Gasteiger partial charge in [-0.2, -0.15) is 5.10 Å². The molecule has 25 heavy (non-hydrogen) atoms. The van der Waals surface area contributed by atoms with E-state index in [1.54, 1.807) is 34.6 Å². The Kier molecular flexibility index (Phi) is 4.93. The summed E-state index contributed by atoms with van der Waals surface area (Å²) in [5.74, 6) is -0.342. The van der Waals surface area contributed by atoms with Crippen LogP contribution in [0.3, 0.4) is 0 Å². The summed E-state index contributed by atoms with van der Waals surface area (Å²) in [7, 11) is 0. The summed E-state index contributed by atoms with van der Waals surface area (Å²) in [5, 5.41) is 11.1. The molecule has 7 nitrogen and oxygen atoms in total. The third-order valence-electron chi connectivity index (χ3n) is 3.76. The number of halogens is 2. The van der Waals surface area contributed by atoms with Crippen LogP contribution in [-0.4, -0.2) is 30.5 Å². The summed E-state index contributed by atoms with van der Waals surface area (Å²) >= 11 is 3.37. The van der Waals surface area contributed by atoms with Gasteiger partial charge in [-0.05, 0) is 47.5 Å². The third-order valence-corrected chi connectivity index (χ3v) is 4.54. The van der Waals surface area contributed by atoms with Gasteiger partial charge in [0.25, 0.3) is 5.91 Å². The molecule has 1 N–H and O–H groups in total. The lowest BCUT2D eigenvalue weighted by Gasteiger charge is -2.12. The maximum absolute atomic E-state index is 12.9. The lowest BCUT2D eigenvalue weighted by molar-refractivity contribution is -0.119. The lowest BCUT2D eigenvalue weighted by Crippen LogP contribution is -2.25. The van der Waals surface area contributed by atoms with Gasteiger partial charge in [0.05, 0.1) is 22.9 Å². The fraction of sp³-hybridized carbons (Fsp3) is 0.250. The SMILES string of the molecule is Cc1c(Br)cnn1C(C)C(=O)Nc1ncn(Cc2ccc(F)cc2)n1. The smallest absolute Gasteiger partial charge is 0.251 e. The minimum absolute atomic E-state index is 0.211. The normalized spacial score (nSPS) is 12.2. The minimum Gasteiger partial charge on any atom is -0.291 e. The Bertz CT molecular complexity index is 888. The Balaban J connectivity index is 1.65. The molecule has 1 unspecified atom stereocenters. The van der Waals surface area contributed by atoms with Crippen molar-refractivity contribution in [2.45, 2.75) is 26.4 Å². The van der Waals surface area contributed by atoms with Crippen LogP contribution in [0.2, 0.25) is 0 Å². The zero-order valence-corrected chi connectivity index (χ0v) is 15.2. The summed E-state index contributed by atoms with van der Waals surface area (Å²) in [6, 6.07) is 5.63. The Hall–Kier alpha value is -2.55. The van der Waals surface area contributed by atoms with Crippen molar-refractivity contribution in [2.75, 3.05) is 5.32 Å². The highest BCUT2D eigenvalue weighted by Gasteiger charge is 2.19. The Morgan fingerprint density at radius 3 is 2.72 bits per heavy atom. The van der Waals surface area contributed by atoms with E-state index in [1.807, 2.05) is 6.92 Å². The molecule has 130 valence electrons. The molecule has 0 saturated carbocycles. The predicted molar refractivity (Wildman–Crippen MR) is 93.5 cm³/mol. The van der Waals surface area contributed by atoms with E-state index in [4.69, 9.17) is 0 Å². The average Bonchev–Trinajstić information content (AvgIpc) is 3.16. The molecule has 0 saturated heterocycles. The van der Waals surface area contributed by atoms with Gasteiger partial charge in [-0.15, -0.1) is 5.10 Å². The number of hydrogen-bond donors (Lipinski definition) is 1. The van der Waals surface area contributed by atoms with E-state index in [-0.39, 0.29) is 17.7 Å². The van der Waals surface area contributed by atoms with E-state index in [0.717, 1.165) is 15.7 Å². The first-order chi connectivity index (χ1) is 11.9. The number of rotatable bonds is 5. The molecule has 9 heteroatoms. The van der Waals surface area contributed by atoms with Crippen LogP contribution < -0.4 is 5.32 Å². The Morgan fingerprint density at radius 1 is 1.36 bits per heavy atom. The molecular formula is C16H16BrFN6O. The van der Waals surface area contributed by atoms with Crippen molar-refractivity contribution in [3.05, 3.63) is 58.3 Å².